The van der Waals surface area contributed by atoms with E-state index in [4.69, 9.17) is 56.5 Å². The molecule has 0 saturated carbocycles. The summed E-state index contributed by atoms with van der Waals surface area (Å²) >= 11 is 0. The van der Waals surface area contributed by atoms with Crippen molar-refractivity contribution in [2.24, 2.45) is 0 Å². The van der Waals surface area contributed by atoms with Gasteiger partial charge in [-0.2, -0.15) is 0 Å². The third-order valence-electron chi connectivity index (χ3n) is 0. The van der Waals surface area contributed by atoms with Gasteiger partial charge in [-0.1, -0.05) is 0 Å². The molecule has 0 aliphatic carbocycles. The summed E-state index contributed by atoms with van der Waals surface area (Å²) in [5, 5.41) is 0. The molecule has 0 aliphatic heterocycles. The fourth-order valence-electron chi connectivity index (χ4n) is 0. The average molecular weight is 215 g/mol. The summed E-state index contributed by atoms with van der Waals surface area (Å²) < 4.78 is 0. The van der Waals surface area contributed by atoms with Crippen LogP contribution >= 0.6 is 56.5 Å². The van der Waals surface area contributed by atoms with Gasteiger partial charge in [-0.15, -0.1) is 0 Å². The Bertz CT molecular complexity index is 62.7. The molecule has 7 heavy (non-hydrogen) atoms. The first kappa shape index (κ1) is 9.43. The first-order valence-corrected chi connectivity index (χ1v) is 17.6. The van der Waals surface area contributed by atoms with E-state index in [1.807, 2.05) is 0 Å². The molecule has 0 spiro atoms. The van der Waals surface area contributed by atoms with Crippen LogP contribution in [0.4, 0.5) is 0 Å². The van der Waals surface area contributed by atoms with Crippen molar-refractivity contribution in [2.75, 3.05) is 0 Å². The van der Waals surface area contributed by atoms with Gasteiger partial charge in [0.2, 0.25) is 0 Å². The molecule has 0 aromatic carbocycles. The van der Waals surface area contributed by atoms with Gasteiger partial charge in [0.05, 0.1) is 0 Å². The summed E-state index contributed by atoms with van der Waals surface area (Å²) in [6, 6.07) is 0. The summed E-state index contributed by atoms with van der Waals surface area (Å²) in [6.07, 6.45) is 0. The Morgan fingerprint density at radius 2 is 0.571 bits per heavy atom. The second-order valence-corrected chi connectivity index (χ2v) is 49.9. The fourth-order valence-corrected chi connectivity index (χ4v) is 0. The Kier molecular flexibility index (Phi) is 2.06. The van der Waals surface area contributed by atoms with Gasteiger partial charge in [-0.3, -0.25) is 0 Å². The van der Waals surface area contributed by atoms with E-state index in [0.29, 0.717) is 0 Å². The number of rotatable bonds is 0. The minimum atomic E-state index is -5.29. The fraction of sp³-hybridized carbons (Fsp3) is 0. The predicted molar refractivity (Wildman–Crippen MR) is 35.1 cm³/mol. The van der Waals surface area contributed by atoms with E-state index in [1.165, 1.54) is 0 Å². The zero-order valence-corrected chi connectivity index (χ0v) is 9.39. The molecule has 0 fully saturated rings. The van der Waals surface area contributed by atoms with Crippen LogP contribution in [0.2, 0.25) is 0 Å². The van der Waals surface area contributed by atoms with Crippen molar-refractivity contribution < 1.29 is 7.31 Å². The quantitative estimate of drug-likeness (QED) is 0.569. The van der Waals surface area contributed by atoms with Crippen LogP contribution in [0.25, 0.3) is 0 Å². The maximum absolute atomic E-state index is 5.29. The molecule has 0 heterocycles. The van der Waals surface area contributed by atoms with Crippen LogP contribution < -0.4 is 0 Å². The van der Waals surface area contributed by atoms with E-state index >= 15 is 0 Å². The maximum atomic E-state index is 5.05. The van der Waals surface area contributed by atoms with Crippen LogP contribution in [0.1, 0.15) is 0 Å². The van der Waals surface area contributed by atoms with Gasteiger partial charge in [0.1, 0.15) is 0 Å². The molecule has 0 radical (unpaired) electrons. The van der Waals surface area contributed by atoms with E-state index in [0.717, 1.165) is 0 Å². The van der Waals surface area contributed by atoms with Crippen molar-refractivity contribution in [3.63, 3.8) is 0 Å². The molecule has 0 rings (SSSR count). The van der Waals surface area contributed by atoms with E-state index < -0.39 is 7.31 Å². The second kappa shape index (κ2) is 1.53. The molecular formula is Cl6Pt. The minimum absolute atomic E-state index is 5.05. The van der Waals surface area contributed by atoms with Crippen molar-refractivity contribution in [3.05, 3.63) is 0 Å². The molecule has 0 aromatic rings. The predicted octanol–water partition coefficient (Wildman–Crippen LogP) is 4.13. The summed E-state index contributed by atoms with van der Waals surface area (Å²) in [7, 11) is 25.0. The molecule has 0 N–H and O–H groups in total. The first-order valence-electron chi connectivity index (χ1n) is 0.717. The van der Waals surface area contributed by atoms with Gasteiger partial charge >= 0.3 is 63.8 Å². The van der Waals surface area contributed by atoms with E-state index in [2.05, 4.69) is 0 Å². The van der Waals surface area contributed by atoms with E-state index in [1.54, 1.807) is 0 Å². The van der Waals surface area contributed by atoms with Gasteiger partial charge in [0.15, 0.2) is 0 Å². The zero-order chi connectivity index (χ0) is 6.41. The van der Waals surface area contributed by atoms with Gasteiger partial charge in [0, 0.05) is 0 Å². The summed E-state index contributed by atoms with van der Waals surface area (Å²) in [5.74, 6) is 0. The third-order valence-corrected chi connectivity index (χ3v) is 0. The van der Waals surface area contributed by atoms with Crippen molar-refractivity contribution in [1.29, 1.82) is 0 Å². The molecule has 0 aliphatic rings. The average Bonchev–Trinajstić information content (AvgIpc) is 0.592. The second-order valence-electron chi connectivity index (χ2n) is 0.678. The first-order chi connectivity index (χ1) is 2.45. The molecule has 0 saturated heterocycles. The molecule has 0 aromatic heterocycles. The Morgan fingerprint density at radius 1 is 0.571 bits per heavy atom. The molecule has 52 valence electrons. The molecule has 0 amide bonds. The Labute approximate surface area is 63.0 Å². The van der Waals surface area contributed by atoms with Gasteiger partial charge in [0.25, 0.3) is 0 Å². The summed E-state index contributed by atoms with van der Waals surface area (Å²) in [5.41, 5.74) is 0. The Morgan fingerprint density at radius 3 is 0.571 bits per heavy atom. The molecule has 0 nitrogen and oxygen atoms in total. The zero-order valence-electron chi connectivity index (χ0n) is 2.58. The Hall–Kier alpha value is 2.43. The van der Waals surface area contributed by atoms with E-state index in [-0.39, 0.29) is 0 Å². The number of hydrogen-bond acceptors (Lipinski definition) is 0. The third kappa shape index (κ3) is 59.1. The van der Waals surface area contributed by atoms with Gasteiger partial charge in [-0.05, 0) is 0 Å². The number of hydrogen-bond donors (Lipinski definition) is 0. The molecule has 7 heteroatoms. The van der Waals surface area contributed by atoms with Crippen LogP contribution in [-0.4, -0.2) is 0 Å². The van der Waals surface area contributed by atoms with Crippen molar-refractivity contribution in [1.82, 2.24) is 0 Å². The molecular weight excluding hydrogens is 215 g/mol. The van der Waals surface area contributed by atoms with Crippen LogP contribution in [0.3, 0.4) is 0 Å². The molecule has 0 bridgehead atoms. The van der Waals surface area contributed by atoms with Gasteiger partial charge < -0.3 is 0 Å². The van der Waals surface area contributed by atoms with Crippen molar-refractivity contribution in [2.45, 2.75) is 0 Å². The van der Waals surface area contributed by atoms with Crippen molar-refractivity contribution in [3.8, 4) is 0 Å². The molecule has 0 atom stereocenters. The van der Waals surface area contributed by atoms with Crippen LogP contribution in [-0.2, 0) is 7.31 Å². The van der Waals surface area contributed by atoms with E-state index in [9.17, 15) is 0 Å². The number of halogens is 6. The topological polar surface area (TPSA) is 0 Å². The molecule has 0 unspecified atom stereocenters. The van der Waals surface area contributed by atoms with Gasteiger partial charge in [-0.25, -0.2) is 0 Å². The standard InChI is InChI=1S/6ClH.Pt/h6*1H;/q;;;;;;+6/p-6/i;;;;;;1-115. The SMILES string of the molecule is [Cl][2Pt]([Cl])([Cl])([Cl])([Cl])[Cl]. The summed E-state index contributed by atoms with van der Waals surface area (Å²) in [6.45, 7) is 0. The monoisotopic (exact) mass is 212 g/mol. The van der Waals surface area contributed by atoms with Crippen LogP contribution in [0.5, 0.6) is 0 Å². The van der Waals surface area contributed by atoms with Crippen LogP contribution in [0, 0.1) is 0 Å². The Balaban J connectivity index is 4.43. The normalized spacial score (nSPS) is 23.1. The van der Waals surface area contributed by atoms with Crippen molar-refractivity contribution >= 4 is 56.5 Å². The van der Waals surface area contributed by atoms with Crippen LogP contribution in [0.15, 0.2) is 0 Å². The summed E-state index contributed by atoms with van der Waals surface area (Å²) in [4.78, 5) is 0.